The maximum absolute atomic E-state index is 13.5. The Morgan fingerprint density at radius 2 is 2.16 bits per heavy atom. The van der Waals surface area contributed by atoms with E-state index in [4.69, 9.17) is 5.26 Å². The average molecular weight is 273 g/mol. The molecule has 19 heavy (non-hydrogen) atoms. The summed E-state index contributed by atoms with van der Waals surface area (Å²) in [6.45, 7) is 0. The summed E-state index contributed by atoms with van der Waals surface area (Å²) in [7, 11) is 0. The lowest BCUT2D eigenvalue weighted by Crippen LogP contribution is -1.99. The van der Waals surface area contributed by atoms with E-state index >= 15 is 0 Å². The molecule has 0 saturated carbocycles. The van der Waals surface area contributed by atoms with E-state index in [1.54, 1.807) is 17.4 Å². The summed E-state index contributed by atoms with van der Waals surface area (Å²) in [5.74, 6) is -0.506. The second-order valence-electron chi connectivity index (χ2n) is 4.53. The van der Waals surface area contributed by atoms with Gasteiger partial charge in [0.05, 0.1) is 11.3 Å². The molecule has 1 aromatic heterocycles. The van der Waals surface area contributed by atoms with Crippen molar-refractivity contribution < 1.29 is 4.39 Å². The summed E-state index contributed by atoms with van der Waals surface area (Å²) < 4.78 is 13.5. The van der Waals surface area contributed by atoms with Crippen LogP contribution in [0.15, 0.2) is 18.2 Å². The van der Waals surface area contributed by atoms with Crippen LogP contribution in [0.1, 0.15) is 29.0 Å². The number of hydrogen-bond donors (Lipinski definition) is 1. The molecular weight excluding hydrogens is 261 g/mol. The van der Waals surface area contributed by atoms with Crippen molar-refractivity contribution in [1.82, 2.24) is 4.98 Å². The van der Waals surface area contributed by atoms with Gasteiger partial charge < -0.3 is 5.32 Å². The van der Waals surface area contributed by atoms with Gasteiger partial charge in [-0.25, -0.2) is 9.37 Å². The summed E-state index contributed by atoms with van der Waals surface area (Å²) in [6, 6.07) is 6.32. The molecule has 1 aromatic carbocycles. The molecule has 5 heteroatoms. The zero-order valence-corrected chi connectivity index (χ0v) is 11.1. The highest BCUT2D eigenvalue weighted by atomic mass is 32.1. The van der Waals surface area contributed by atoms with Gasteiger partial charge in [0.15, 0.2) is 5.13 Å². The molecule has 0 atom stereocenters. The van der Waals surface area contributed by atoms with Gasteiger partial charge in [-0.3, -0.25) is 0 Å². The molecule has 0 spiro atoms. The smallest absolute Gasteiger partial charge is 0.187 e. The average Bonchev–Trinajstić information content (AvgIpc) is 2.81. The second kappa shape index (κ2) is 4.98. The maximum Gasteiger partial charge on any atom is 0.187 e. The maximum atomic E-state index is 13.5. The highest BCUT2D eigenvalue weighted by Crippen LogP contribution is 2.31. The third-order valence-corrected chi connectivity index (χ3v) is 4.26. The van der Waals surface area contributed by atoms with Crippen LogP contribution in [0.5, 0.6) is 0 Å². The van der Waals surface area contributed by atoms with Gasteiger partial charge in [0.2, 0.25) is 0 Å². The third kappa shape index (κ3) is 2.45. The van der Waals surface area contributed by atoms with Crippen molar-refractivity contribution in [2.24, 2.45) is 0 Å². The van der Waals surface area contributed by atoms with Gasteiger partial charge in [0.1, 0.15) is 11.9 Å². The molecule has 0 radical (unpaired) electrons. The van der Waals surface area contributed by atoms with Crippen molar-refractivity contribution in [2.45, 2.75) is 25.7 Å². The summed E-state index contributed by atoms with van der Waals surface area (Å²) in [6.07, 6.45) is 4.55. The number of thiazole rings is 1. The number of hydrogen-bond acceptors (Lipinski definition) is 4. The standard InChI is InChI=1S/C14H12FN3S/c15-11-7-10(6-5-9(11)8-16)17-14-18-12-3-1-2-4-13(12)19-14/h5-7H,1-4H2,(H,17,18). The number of nitrogens with one attached hydrogen (secondary N) is 1. The van der Waals surface area contributed by atoms with Crippen LogP contribution in [-0.4, -0.2) is 4.98 Å². The predicted octanol–water partition coefficient (Wildman–Crippen LogP) is 3.78. The van der Waals surface area contributed by atoms with Gasteiger partial charge in [-0.2, -0.15) is 5.26 Å². The molecule has 0 fully saturated rings. The molecular formula is C14H12FN3S. The molecule has 0 unspecified atom stereocenters. The molecule has 1 heterocycles. The molecule has 0 bridgehead atoms. The number of nitrogens with zero attached hydrogens (tertiary/aromatic N) is 2. The Hall–Kier alpha value is -1.93. The molecule has 1 aliphatic rings. The van der Waals surface area contributed by atoms with E-state index in [2.05, 4.69) is 10.3 Å². The van der Waals surface area contributed by atoms with E-state index in [-0.39, 0.29) is 5.56 Å². The van der Waals surface area contributed by atoms with Crippen molar-refractivity contribution >= 4 is 22.2 Å². The first-order valence-corrected chi connectivity index (χ1v) is 7.03. The quantitative estimate of drug-likeness (QED) is 0.906. The number of rotatable bonds is 2. The molecule has 3 nitrogen and oxygen atoms in total. The fraction of sp³-hybridized carbons (Fsp3) is 0.286. The lowest BCUT2D eigenvalue weighted by molar-refractivity contribution is 0.624. The minimum Gasteiger partial charge on any atom is -0.331 e. The molecule has 1 aliphatic carbocycles. The minimum atomic E-state index is -0.506. The number of halogens is 1. The Morgan fingerprint density at radius 1 is 1.32 bits per heavy atom. The van der Waals surface area contributed by atoms with Crippen molar-refractivity contribution in [3.05, 3.63) is 40.2 Å². The summed E-state index contributed by atoms with van der Waals surface area (Å²) in [5.41, 5.74) is 1.86. The topological polar surface area (TPSA) is 48.7 Å². The molecule has 0 aliphatic heterocycles. The van der Waals surface area contributed by atoms with Gasteiger partial charge >= 0.3 is 0 Å². The number of fused-ring (bicyclic) bond motifs is 1. The van der Waals surface area contributed by atoms with E-state index in [0.717, 1.165) is 18.0 Å². The van der Waals surface area contributed by atoms with Crippen LogP contribution in [0.2, 0.25) is 0 Å². The van der Waals surface area contributed by atoms with Crippen molar-refractivity contribution in [1.29, 1.82) is 5.26 Å². The minimum absolute atomic E-state index is 0.0592. The monoisotopic (exact) mass is 273 g/mol. The Kier molecular flexibility index (Phi) is 3.18. The summed E-state index contributed by atoms with van der Waals surface area (Å²) in [5, 5.41) is 12.6. The van der Waals surface area contributed by atoms with E-state index in [1.807, 2.05) is 6.07 Å². The Balaban J connectivity index is 1.83. The third-order valence-electron chi connectivity index (χ3n) is 3.19. The van der Waals surface area contributed by atoms with Crippen LogP contribution in [0.4, 0.5) is 15.2 Å². The van der Waals surface area contributed by atoms with Gasteiger partial charge in [-0.05, 0) is 43.9 Å². The first-order chi connectivity index (χ1) is 9.26. The van der Waals surface area contributed by atoms with E-state index < -0.39 is 5.82 Å². The molecule has 2 aromatic rings. The number of aryl methyl sites for hydroxylation is 2. The zero-order valence-electron chi connectivity index (χ0n) is 10.2. The predicted molar refractivity (Wildman–Crippen MR) is 73.2 cm³/mol. The Labute approximate surface area is 114 Å². The van der Waals surface area contributed by atoms with E-state index in [0.29, 0.717) is 5.69 Å². The van der Waals surface area contributed by atoms with E-state index in [1.165, 1.54) is 35.5 Å². The molecule has 1 N–H and O–H groups in total. The molecule has 96 valence electrons. The van der Waals surface area contributed by atoms with Gasteiger partial charge in [0.25, 0.3) is 0 Å². The van der Waals surface area contributed by atoms with Gasteiger partial charge in [-0.1, -0.05) is 0 Å². The summed E-state index contributed by atoms with van der Waals surface area (Å²) >= 11 is 1.64. The van der Waals surface area contributed by atoms with Crippen LogP contribution in [0.25, 0.3) is 0 Å². The van der Waals surface area contributed by atoms with Crippen LogP contribution in [0.3, 0.4) is 0 Å². The molecule has 0 amide bonds. The summed E-state index contributed by atoms with van der Waals surface area (Å²) in [4.78, 5) is 5.87. The van der Waals surface area contributed by atoms with Crippen LogP contribution in [0, 0.1) is 17.1 Å². The Morgan fingerprint density at radius 3 is 2.89 bits per heavy atom. The zero-order chi connectivity index (χ0) is 13.2. The SMILES string of the molecule is N#Cc1ccc(Nc2nc3c(s2)CCCC3)cc1F. The number of benzene rings is 1. The second-order valence-corrected chi connectivity index (χ2v) is 5.61. The first kappa shape index (κ1) is 12.1. The fourth-order valence-electron chi connectivity index (χ4n) is 2.21. The van der Waals surface area contributed by atoms with Crippen molar-refractivity contribution in [3.8, 4) is 6.07 Å². The van der Waals surface area contributed by atoms with Crippen LogP contribution in [-0.2, 0) is 12.8 Å². The first-order valence-electron chi connectivity index (χ1n) is 6.21. The lowest BCUT2D eigenvalue weighted by Gasteiger charge is -2.06. The number of aromatic nitrogens is 1. The fourth-order valence-corrected chi connectivity index (χ4v) is 3.28. The van der Waals surface area contributed by atoms with Crippen molar-refractivity contribution in [2.75, 3.05) is 5.32 Å². The highest BCUT2D eigenvalue weighted by Gasteiger charge is 2.15. The van der Waals surface area contributed by atoms with E-state index in [9.17, 15) is 4.39 Å². The van der Waals surface area contributed by atoms with Gasteiger partial charge in [0, 0.05) is 10.6 Å². The molecule has 3 rings (SSSR count). The van der Waals surface area contributed by atoms with Gasteiger partial charge in [-0.15, -0.1) is 11.3 Å². The Bertz CT molecular complexity index is 634. The molecule has 0 saturated heterocycles. The highest BCUT2D eigenvalue weighted by molar-refractivity contribution is 7.15. The largest absolute Gasteiger partial charge is 0.331 e. The number of anilines is 2. The van der Waals surface area contributed by atoms with Crippen LogP contribution < -0.4 is 5.32 Å². The van der Waals surface area contributed by atoms with Crippen molar-refractivity contribution in [3.63, 3.8) is 0 Å². The lowest BCUT2D eigenvalue weighted by atomic mass is 10.0. The number of nitriles is 1. The van der Waals surface area contributed by atoms with Crippen LogP contribution >= 0.6 is 11.3 Å². The normalized spacial score (nSPS) is 13.7.